The highest BCUT2D eigenvalue weighted by Crippen LogP contribution is 2.37. The van der Waals surface area contributed by atoms with Crippen molar-refractivity contribution in [2.24, 2.45) is 10.9 Å². The summed E-state index contributed by atoms with van der Waals surface area (Å²) < 4.78 is 77.7. The number of aryl methyl sites for hydroxylation is 1. The van der Waals surface area contributed by atoms with Crippen LogP contribution in [0.25, 0.3) is 0 Å². The van der Waals surface area contributed by atoms with Crippen LogP contribution in [0.2, 0.25) is 0 Å². The minimum atomic E-state index is -4.94. The molecule has 0 saturated heterocycles. The summed E-state index contributed by atoms with van der Waals surface area (Å²) >= 11 is 0. The molecular weight excluding hydrogens is 376 g/mol. The van der Waals surface area contributed by atoms with Gasteiger partial charge in [0.2, 0.25) is 0 Å². The van der Waals surface area contributed by atoms with Crippen LogP contribution in [0.5, 0.6) is 0 Å². The molecule has 146 valence electrons. The number of nitrogens with one attached hydrogen (secondary N) is 1. The largest absolute Gasteiger partial charge is 0.416 e. The Morgan fingerprint density at radius 3 is 2.26 bits per heavy atom. The van der Waals surface area contributed by atoms with Crippen molar-refractivity contribution in [3.63, 3.8) is 0 Å². The van der Waals surface area contributed by atoms with Crippen LogP contribution in [-0.4, -0.2) is 11.0 Å². The fourth-order valence-corrected chi connectivity index (χ4v) is 2.39. The van der Waals surface area contributed by atoms with Gasteiger partial charge >= 0.3 is 12.4 Å². The molecule has 27 heavy (non-hydrogen) atoms. The zero-order chi connectivity index (χ0) is 20.4. The smallest absolute Gasteiger partial charge is 0.409 e. The van der Waals surface area contributed by atoms with Gasteiger partial charge in [-0.1, -0.05) is 23.4 Å². The van der Waals surface area contributed by atoms with E-state index in [1.54, 1.807) is 19.1 Å². The van der Waals surface area contributed by atoms with Gasteiger partial charge < -0.3 is 16.3 Å². The maximum Gasteiger partial charge on any atom is 0.416 e. The summed E-state index contributed by atoms with van der Waals surface area (Å²) in [6.07, 6.45) is -9.82. The Bertz CT molecular complexity index is 859. The number of benzene rings is 2. The summed E-state index contributed by atoms with van der Waals surface area (Å²) in [5.74, 6) is -0.191. The van der Waals surface area contributed by atoms with Crippen LogP contribution in [0.4, 0.5) is 32.0 Å². The molecule has 2 aromatic carbocycles. The number of anilines is 1. The molecule has 0 aliphatic carbocycles. The molecule has 0 spiro atoms. The summed E-state index contributed by atoms with van der Waals surface area (Å²) in [6, 6.07) is 6.10. The summed E-state index contributed by atoms with van der Waals surface area (Å²) in [7, 11) is 0. The van der Waals surface area contributed by atoms with Crippen LogP contribution >= 0.6 is 0 Å². The minimum Gasteiger partial charge on any atom is -0.409 e. The molecule has 0 atom stereocenters. The molecule has 2 rings (SSSR count). The lowest BCUT2D eigenvalue weighted by Gasteiger charge is -2.17. The maximum absolute atomic E-state index is 13.2. The highest BCUT2D eigenvalue weighted by atomic mass is 19.4. The van der Waals surface area contributed by atoms with E-state index < -0.39 is 23.5 Å². The first-order chi connectivity index (χ1) is 12.4. The number of amidine groups is 1. The van der Waals surface area contributed by atoms with Gasteiger partial charge in [0.1, 0.15) is 0 Å². The van der Waals surface area contributed by atoms with Gasteiger partial charge in [-0.25, -0.2) is 0 Å². The number of nitrogens with two attached hydrogens (primary N) is 1. The molecule has 0 aromatic heterocycles. The first kappa shape index (κ1) is 20.4. The molecule has 0 radical (unpaired) electrons. The number of hydrogen-bond donors (Lipinski definition) is 3. The maximum atomic E-state index is 13.2. The Hall–Kier alpha value is -2.91. The third kappa shape index (κ3) is 4.83. The number of hydrogen-bond acceptors (Lipinski definition) is 3. The number of nitrogens with zero attached hydrogens (tertiary/aromatic N) is 1. The quantitative estimate of drug-likeness (QED) is 0.232. The van der Waals surface area contributed by atoms with E-state index in [2.05, 4.69) is 10.5 Å². The van der Waals surface area contributed by atoms with Crippen LogP contribution in [0.3, 0.4) is 0 Å². The fourth-order valence-electron chi connectivity index (χ4n) is 2.39. The van der Waals surface area contributed by atoms with Crippen molar-refractivity contribution in [3.8, 4) is 0 Å². The van der Waals surface area contributed by atoms with E-state index >= 15 is 0 Å². The van der Waals surface area contributed by atoms with E-state index in [4.69, 9.17) is 10.9 Å². The summed E-state index contributed by atoms with van der Waals surface area (Å²) in [6.45, 7) is 1.31. The molecule has 10 heteroatoms. The molecule has 0 amide bonds. The Morgan fingerprint density at radius 2 is 1.70 bits per heavy atom. The van der Waals surface area contributed by atoms with Crippen LogP contribution < -0.4 is 11.1 Å². The zero-order valence-electron chi connectivity index (χ0n) is 13.9. The average molecular weight is 391 g/mol. The summed E-state index contributed by atoms with van der Waals surface area (Å²) in [4.78, 5) is 0. The highest BCUT2D eigenvalue weighted by Gasteiger charge is 2.37. The topological polar surface area (TPSA) is 70.6 Å². The first-order valence-corrected chi connectivity index (χ1v) is 7.53. The Labute approximate surface area is 150 Å². The number of oxime groups is 1. The molecule has 4 N–H and O–H groups in total. The van der Waals surface area contributed by atoms with Crippen molar-refractivity contribution in [2.45, 2.75) is 25.8 Å². The average Bonchev–Trinajstić information content (AvgIpc) is 2.58. The van der Waals surface area contributed by atoms with E-state index in [9.17, 15) is 26.3 Å². The van der Waals surface area contributed by atoms with Crippen LogP contribution in [0.1, 0.15) is 27.8 Å². The molecule has 2 aromatic rings. The van der Waals surface area contributed by atoms with Crippen LogP contribution in [0.15, 0.2) is 41.6 Å². The molecule has 0 unspecified atom stereocenters. The van der Waals surface area contributed by atoms with Gasteiger partial charge in [0.05, 0.1) is 11.1 Å². The van der Waals surface area contributed by atoms with Gasteiger partial charge in [-0.15, -0.1) is 0 Å². The molecule has 0 bridgehead atoms. The van der Waals surface area contributed by atoms with Crippen molar-refractivity contribution >= 4 is 11.5 Å². The van der Waals surface area contributed by atoms with Gasteiger partial charge in [-0.2, -0.15) is 26.3 Å². The standard InChI is InChI=1S/C17H15F6N3O/c1-9-2-3-10(15(24)26-27)6-14(9)25-8-11-4-5-12(16(18,19)20)7-13(11)17(21,22)23/h2-7,25,27H,8H2,1H3,(H2,24,26). The summed E-state index contributed by atoms with van der Waals surface area (Å²) in [5.41, 5.74) is 3.78. The van der Waals surface area contributed by atoms with Crippen molar-refractivity contribution in [1.29, 1.82) is 0 Å². The SMILES string of the molecule is Cc1ccc(/C(N)=N/O)cc1NCc1ccc(C(F)(F)F)cc1C(F)(F)F. The molecule has 0 aliphatic heterocycles. The summed E-state index contributed by atoms with van der Waals surface area (Å²) in [5, 5.41) is 14.3. The van der Waals surface area contributed by atoms with E-state index in [0.717, 1.165) is 6.07 Å². The van der Waals surface area contributed by atoms with E-state index in [-0.39, 0.29) is 24.0 Å². The van der Waals surface area contributed by atoms with Gasteiger partial charge in [0.15, 0.2) is 5.84 Å². The molecule has 4 nitrogen and oxygen atoms in total. The Balaban J connectivity index is 2.36. The van der Waals surface area contributed by atoms with Crippen molar-refractivity contribution in [1.82, 2.24) is 0 Å². The molecular formula is C17H15F6N3O. The van der Waals surface area contributed by atoms with Gasteiger partial charge in [-0.05, 0) is 36.2 Å². The van der Waals surface area contributed by atoms with Gasteiger partial charge in [-0.3, -0.25) is 0 Å². The van der Waals surface area contributed by atoms with E-state index in [1.807, 2.05) is 0 Å². The molecule has 0 fully saturated rings. The second-order valence-electron chi connectivity index (χ2n) is 5.74. The van der Waals surface area contributed by atoms with Gasteiger partial charge in [0.25, 0.3) is 0 Å². The third-order valence-electron chi connectivity index (χ3n) is 3.85. The lowest BCUT2D eigenvalue weighted by molar-refractivity contribution is -0.143. The normalized spacial score (nSPS) is 12.9. The van der Waals surface area contributed by atoms with Crippen LogP contribution in [-0.2, 0) is 18.9 Å². The Kier molecular flexibility index (Phi) is 5.57. The van der Waals surface area contributed by atoms with Gasteiger partial charge in [0, 0.05) is 17.8 Å². The van der Waals surface area contributed by atoms with Crippen molar-refractivity contribution in [2.75, 3.05) is 5.32 Å². The second-order valence-corrected chi connectivity index (χ2v) is 5.74. The zero-order valence-corrected chi connectivity index (χ0v) is 13.9. The lowest BCUT2D eigenvalue weighted by Crippen LogP contribution is -2.16. The predicted molar refractivity (Wildman–Crippen MR) is 87.5 cm³/mol. The molecule has 0 saturated carbocycles. The van der Waals surface area contributed by atoms with Crippen LogP contribution in [0, 0.1) is 6.92 Å². The van der Waals surface area contributed by atoms with E-state index in [0.29, 0.717) is 22.9 Å². The molecule has 0 heterocycles. The second kappa shape index (κ2) is 7.37. The minimum absolute atomic E-state index is 0.0939. The third-order valence-corrected chi connectivity index (χ3v) is 3.85. The fraction of sp³-hybridized carbons (Fsp3) is 0.235. The number of halogens is 6. The lowest BCUT2D eigenvalue weighted by atomic mass is 10.0. The number of rotatable bonds is 4. The Morgan fingerprint density at radius 1 is 1.04 bits per heavy atom. The predicted octanol–water partition coefficient (Wildman–Crippen LogP) is 4.74. The highest BCUT2D eigenvalue weighted by molar-refractivity contribution is 5.98. The first-order valence-electron chi connectivity index (χ1n) is 7.53. The monoisotopic (exact) mass is 391 g/mol. The van der Waals surface area contributed by atoms with Crippen molar-refractivity contribution < 1.29 is 31.5 Å². The molecule has 0 aliphatic rings. The number of alkyl halides is 6. The van der Waals surface area contributed by atoms with E-state index in [1.165, 1.54) is 6.07 Å². The van der Waals surface area contributed by atoms with Crippen molar-refractivity contribution in [3.05, 3.63) is 64.2 Å².